The van der Waals surface area contributed by atoms with Crippen LogP contribution in [0.1, 0.15) is 30.1 Å². The van der Waals surface area contributed by atoms with Crippen molar-refractivity contribution < 1.29 is 4.79 Å². The molecule has 2 heterocycles. The molecule has 1 saturated heterocycles. The summed E-state index contributed by atoms with van der Waals surface area (Å²) < 4.78 is 0. The maximum Gasteiger partial charge on any atom is 0.257 e. The van der Waals surface area contributed by atoms with Gasteiger partial charge in [0, 0.05) is 26.2 Å². The first-order valence-corrected chi connectivity index (χ1v) is 7.46. The molecule has 0 atom stereocenters. The smallest absolute Gasteiger partial charge is 0.257 e. The van der Waals surface area contributed by atoms with Gasteiger partial charge in [-0.3, -0.25) is 4.79 Å². The van der Waals surface area contributed by atoms with Crippen molar-refractivity contribution in [3.05, 3.63) is 21.9 Å². The molecule has 1 aromatic rings. The van der Waals surface area contributed by atoms with Gasteiger partial charge in [0.2, 0.25) is 0 Å². The second-order valence-electron chi connectivity index (χ2n) is 4.95. The molecule has 0 saturated carbocycles. The van der Waals surface area contributed by atoms with Crippen LogP contribution in [0.15, 0.2) is 6.07 Å². The average molecular weight is 317 g/mol. The number of hydrogen-bond donors (Lipinski definition) is 0. The van der Waals surface area contributed by atoms with Crippen molar-refractivity contribution in [2.24, 2.45) is 0 Å². The van der Waals surface area contributed by atoms with E-state index in [1.54, 1.807) is 11.9 Å². The monoisotopic (exact) mass is 316 g/mol. The zero-order chi connectivity index (χ0) is 14.7. The minimum absolute atomic E-state index is 0.0947. The molecule has 1 aliphatic heterocycles. The van der Waals surface area contributed by atoms with Gasteiger partial charge in [-0.25, -0.2) is 0 Å². The predicted octanol–water partition coefficient (Wildman–Crippen LogP) is 2.34. The van der Waals surface area contributed by atoms with Gasteiger partial charge < -0.3 is 9.80 Å². The summed E-state index contributed by atoms with van der Waals surface area (Å²) in [5.41, 5.74) is 0.312. The zero-order valence-electron chi connectivity index (χ0n) is 11.6. The van der Waals surface area contributed by atoms with E-state index in [9.17, 15) is 4.79 Å². The lowest BCUT2D eigenvalue weighted by molar-refractivity contribution is 0.0646. The van der Waals surface area contributed by atoms with Gasteiger partial charge in [0.05, 0.1) is 5.56 Å². The molecule has 0 aromatic carbocycles. The fourth-order valence-electron chi connectivity index (χ4n) is 2.48. The molecule has 1 aromatic heterocycles. The van der Waals surface area contributed by atoms with E-state index < -0.39 is 0 Å². The van der Waals surface area contributed by atoms with Gasteiger partial charge in [-0.1, -0.05) is 30.1 Å². The Bertz CT molecular complexity index is 489. The maximum atomic E-state index is 12.5. The molecule has 0 radical (unpaired) electrons. The third-order valence-electron chi connectivity index (χ3n) is 3.82. The summed E-state index contributed by atoms with van der Waals surface area (Å²) >= 11 is 11.7. The van der Waals surface area contributed by atoms with Crippen molar-refractivity contribution in [3.63, 3.8) is 0 Å². The number of halogens is 2. The van der Waals surface area contributed by atoms with Crippen molar-refractivity contribution in [1.82, 2.24) is 20.0 Å². The summed E-state index contributed by atoms with van der Waals surface area (Å²) in [4.78, 5) is 16.6. The lowest BCUT2D eigenvalue weighted by Crippen LogP contribution is -2.45. The fourth-order valence-corrected chi connectivity index (χ4v) is 2.80. The summed E-state index contributed by atoms with van der Waals surface area (Å²) in [6.07, 6.45) is 1.94. The second kappa shape index (κ2) is 6.70. The molecule has 1 fully saturated rings. The molecular weight excluding hydrogens is 299 g/mol. The maximum absolute atomic E-state index is 12.5. The highest BCUT2D eigenvalue weighted by Gasteiger charge is 2.27. The van der Waals surface area contributed by atoms with Crippen LogP contribution in [0.25, 0.3) is 0 Å². The fraction of sp³-hybridized carbons (Fsp3) is 0.615. The summed E-state index contributed by atoms with van der Waals surface area (Å²) in [6, 6.07) is 1.70. The molecule has 0 unspecified atom stereocenters. The quantitative estimate of drug-likeness (QED) is 0.858. The summed E-state index contributed by atoms with van der Waals surface area (Å²) in [7, 11) is 1.80. The summed E-state index contributed by atoms with van der Waals surface area (Å²) in [6.45, 7) is 5.24. The Hall–Kier alpha value is -0.910. The van der Waals surface area contributed by atoms with E-state index in [-0.39, 0.29) is 22.3 Å². The van der Waals surface area contributed by atoms with Gasteiger partial charge in [-0.15, -0.1) is 10.2 Å². The van der Waals surface area contributed by atoms with Crippen LogP contribution >= 0.6 is 23.2 Å². The Morgan fingerprint density at radius 3 is 2.65 bits per heavy atom. The largest absolute Gasteiger partial charge is 0.339 e. The summed E-state index contributed by atoms with van der Waals surface area (Å²) in [5, 5.41) is 7.57. The number of piperidine rings is 1. The Morgan fingerprint density at radius 2 is 2.05 bits per heavy atom. The molecule has 7 heteroatoms. The van der Waals surface area contributed by atoms with Crippen LogP contribution in [0.4, 0.5) is 0 Å². The Morgan fingerprint density at radius 1 is 1.40 bits per heavy atom. The molecule has 0 N–H and O–H groups in total. The molecule has 1 amide bonds. The third-order valence-corrected chi connectivity index (χ3v) is 4.29. The highest BCUT2D eigenvalue weighted by atomic mass is 35.5. The van der Waals surface area contributed by atoms with Crippen molar-refractivity contribution >= 4 is 29.1 Å². The van der Waals surface area contributed by atoms with E-state index in [4.69, 9.17) is 23.2 Å². The number of amides is 1. The first kappa shape index (κ1) is 15.5. The molecular formula is C13H18Cl2N4O. The average Bonchev–Trinajstić information content (AvgIpc) is 2.48. The minimum atomic E-state index is -0.151. The van der Waals surface area contributed by atoms with Gasteiger partial charge in [0.1, 0.15) is 0 Å². The highest BCUT2D eigenvalue weighted by molar-refractivity contribution is 6.34. The SMILES string of the molecule is CCN1CCC(N(C)C(=O)c2cc(Cl)nnc2Cl)CC1. The van der Waals surface area contributed by atoms with Crippen molar-refractivity contribution in [2.45, 2.75) is 25.8 Å². The molecule has 0 bridgehead atoms. The number of carbonyl (C=O) groups excluding carboxylic acids is 1. The van der Waals surface area contributed by atoms with Gasteiger partial charge in [0.15, 0.2) is 10.3 Å². The first-order chi connectivity index (χ1) is 9.52. The van der Waals surface area contributed by atoms with Gasteiger partial charge >= 0.3 is 0 Å². The van der Waals surface area contributed by atoms with Crippen LogP contribution in [-0.2, 0) is 0 Å². The van der Waals surface area contributed by atoms with Crippen LogP contribution in [0.5, 0.6) is 0 Å². The van der Waals surface area contributed by atoms with Crippen LogP contribution in [0.2, 0.25) is 10.3 Å². The van der Waals surface area contributed by atoms with E-state index in [1.165, 1.54) is 6.07 Å². The highest BCUT2D eigenvalue weighted by Crippen LogP contribution is 2.21. The topological polar surface area (TPSA) is 49.3 Å². The normalized spacial score (nSPS) is 17.2. The van der Waals surface area contributed by atoms with Crippen molar-refractivity contribution in [3.8, 4) is 0 Å². The number of hydrogen-bond acceptors (Lipinski definition) is 4. The molecule has 5 nitrogen and oxygen atoms in total. The number of carbonyl (C=O) groups is 1. The number of aromatic nitrogens is 2. The van der Waals surface area contributed by atoms with E-state index in [2.05, 4.69) is 22.0 Å². The molecule has 20 heavy (non-hydrogen) atoms. The number of nitrogens with zero attached hydrogens (tertiary/aromatic N) is 4. The number of rotatable bonds is 3. The lowest BCUT2D eigenvalue weighted by atomic mass is 10.0. The van der Waals surface area contributed by atoms with Crippen LogP contribution in [0.3, 0.4) is 0 Å². The standard InChI is InChI=1S/C13H18Cl2N4O/c1-3-19-6-4-9(5-7-19)18(2)13(20)10-8-11(14)16-17-12(10)15/h8-9H,3-7H2,1-2H3. The third kappa shape index (κ3) is 3.40. The lowest BCUT2D eigenvalue weighted by Gasteiger charge is -2.36. The molecule has 1 aliphatic rings. The van der Waals surface area contributed by atoms with Crippen molar-refractivity contribution in [2.75, 3.05) is 26.7 Å². The number of likely N-dealkylation sites (tertiary alicyclic amines) is 1. The van der Waals surface area contributed by atoms with E-state index in [0.717, 1.165) is 32.5 Å². The summed E-state index contributed by atoms with van der Waals surface area (Å²) in [5.74, 6) is -0.151. The predicted molar refractivity (Wildman–Crippen MR) is 79.3 cm³/mol. The minimum Gasteiger partial charge on any atom is -0.339 e. The van der Waals surface area contributed by atoms with E-state index >= 15 is 0 Å². The Kier molecular flexibility index (Phi) is 5.18. The van der Waals surface area contributed by atoms with Gasteiger partial charge in [-0.05, 0) is 25.5 Å². The second-order valence-corrected chi connectivity index (χ2v) is 5.70. The molecule has 0 spiro atoms. The van der Waals surface area contributed by atoms with E-state index in [1.807, 2.05) is 0 Å². The van der Waals surface area contributed by atoms with Crippen molar-refractivity contribution in [1.29, 1.82) is 0 Å². The van der Waals surface area contributed by atoms with Crippen LogP contribution in [-0.4, -0.2) is 58.6 Å². The van der Waals surface area contributed by atoms with Gasteiger partial charge in [0.25, 0.3) is 5.91 Å². The van der Waals surface area contributed by atoms with E-state index in [0.29, 0.717) is 5.56 Å². The molecule has 110 valence electrons. The zero-order valence-corrected chi connectivity index (χ0v) is 13.2. The molecule has 0 aliphatic carbocycles. The Labute approximate surface area is 128 Å². The first-order valence-electron chi connectivity index (χ1n) is 6.71. The molecule has 2 rings (SSSR count). The van der Waals surface area contributed by atoms with Gasteiger partial charge in [-0.2, -0.15) is 0 Å². The Balaban J connectivity index is 2.07. The van der Waals surface area contributed by atoms with Crippen LogP contribution < -0.4 is 0 Å². The van der Waals surface area contributed by atoms with Crippen LogP contribution in [0, 0.1) is 0 Å².